The Labute approximate surface area is 311 Å². The molecular weight excluding hydrogens is 749 g/mol. The van der Waals surface area contributed by atoms with Gasteiger partial charge in [-0.25, -0.2) is 19.2 Å². The first kappa shape index (κ1) is 42.2. The van der Waals surface area contributed by atoms with Crippen molar-refractivity contribution in [3.63, 3.8) is 0 Å². The van der Waals surface area contributed by atoms with Crippen molar-refractivity contribution in [2.45, 2.75) is 92.9 Å². The minimum atomic E-state index is -1.65. The number of esters is 4. The van der Waals surface area contributed by atoms with E-state index in [1.807, 2.05) is 27.7 Å². The zero-order valence-electron chi connectivity index (χ0n) is 27.8. The van der Waals surface area contributed by atoms with Crippen molar-refractivity contribution < 1.29 is 38.1 Å². The zero-order valence-corrected chi connectivity index (χ0v) is 32.3. The maximum Gasteiger partial charge on any atom is 0.423 e. The zero-order chi connectivity index (χ0) is 36.4. The summed E-state index contributed by atoms with van der Waals surface area (Å²) in [6.45, 7) is 11.9. The lowest BCUT2D eigenvalue weighted by Crippen LogP contribution is -2.28. The van der Waals surface area contributed by atoms with Crippen LogP contribution in [0.25, 0.3) is 0 Å². The standard InChI is InChI=1S/C34H40Cl6O8/c1-7-9-11-13-33(3,4)17-45-29(41)23-25(39)19(35)15-21(37)27(23)47-31(43)32(44)48-28-22(38)16-20(36)26(40)24(28)30(42)46-18-34(5,6)14-12-10-8-2/h15-16H,7-14,17-18H2,1-6H3. The van der Waals surface area contributed by atoms with Gasteiger partial charge in [0.2, 0.25) is 0 Å². The van der Waals surface area contributed by atoms with Crippen molar-refractivity contribution in [3.05, 3.63) is 53.4 Å². The Kier molecular flexibility index (Phi) is 16.6. The van der Waals surface area contributed by atoms with E-state index in [-0.39, 0.29) is 54.2 Å². The van der Waals surface area contributed by atoms with Gasteiger partial charge in [-0.15, -0.1) is 0 Å². The van der Waals surface area contributed by atoms with Crippen LogP contribution >= 0.6 is 69.6 Å². The lowest BCUT2D eigenvalue weighted by molar-refractivity contribution is -0.156. The first-order chi connectivity index (χ1) is 22.4. The molecule has 0 aromatic heterocycles. The smallest absolute Gasteiger partial charge is 0.423 e. The summed E-state index contributed by atoms with van der Waals surface area (Å²) in [4.78, 5) is 52.5. The van der Waals surface area contributed by atoms with Crippen LogP contribution in [0.2, 0.25) is 30.1 Å². The SMILES string of the molecule is CCCCCC(C)(C)COC(=O)c1c(Cl)c(Cl)cc(Cl)c1OC(=O)C(=O)Oc1c(Cl)cc(Cl)c(Cl)c1C(=O)OCC(C)(C)CCCCC. The molecule has 0 unspecified atom stereocenters. The third-order valence-corrected chi connectivity index (χ3v) is 9.46. The molecule has 2 aromatic carbocycles. The quantitative estimate of drug-likeness (QED) is 0.0544. The predicted octanol–water partition coefficient (Wildman–Crippen LogP) is 11.6. The predicted molar refractivity (Wildman–Crippen MR) is 191 cm³/mol. The Morgan fingerprint density at radius 3 is 1.21 bits per heavy atom. The van der Waals surface area contributed by atoms with Crippen molar-refractivity contribution in [2.75, 3.05) is 13.2 Å². The van der Waals surface area contributed by atoms with E-state index in [1.165, 1.54) is 0 Å². The summed E-state index contributed by atoms with van der Waals surface area (Å²) in [5.41, 5.74) is -1.69. The third kappa shape index (κ3) is 12.1. The van der Waals surface area contributed by atoms with E-state index < -0.39 is 46.5 Å². The molecule has 0 atom stereocenters. The number of unbranched alkanes of at least 4 members (excludes halogenated alkanes) is 4. The number of ether oxygens (including phenoxy) is 4. The van der Waals surface area contributed by atoms with E-state index in [2.05, 4.69) is 13.8 Å². The molecule has 266 valence electrons. The monoisotopic (exact) mass is 786 g/mol. The highest BCUT2D eigenvalue weighted by Gasteiger charge is 2.33. The van der Waals surface area contributed by atoms with Crippen LogP contribution in [0.5, 0.6) is 11.5 Å². The molecule has 0 aliphatic carbocycles. The molecule has 0 heterocycles. The number of halogens is 6. The van der Waals surface area contributed by atoms with Crippen molar-refractivity contribution in [1.82, 2.24) is 0 Å². The first-order valence-corrected chi connectivity index (χ1v) is 17.8. The lowest BCUT2D eigenvalue weighted by Gasteiger charge is -2.24. The fourth-order valence-electron chi connectivity index (χ4n) is 4.51. The van der Waals surface area contributed by atoms with Gasteiger partial charge in [-0.1, -0.05) is 150 Å². The Hall–Kier alpha value is -1.94. The highest BCUT2D eigenvalue weighted by atomic mass is 35.5. The normalized spacial score (nSPS) is 11.7. The van der Waals surface area contributed by atoms with Crippen LogP contribution in [0.1, 0.15) is 114 Å². The largest absolute Gasteiger partial charge is 0.461 e. The second-order valence-electron chi connectivity index (χ2n) is 12.9. The summed E-state index contributed by atoms with van der Waals surface area (Å²) in [5, 5.41) is -1.53. The minimum Gasteiger partial charge on any atom is -0.461 e. The van der Waals surface area contributed by atoms with Gasteiger partial charge in [0, 0.05) is 0 Å². The van der Waals surface area contributed by atoms with Gasteiger partial charge in [0.15, 0.2) is 11.5 Å². The number of carbonyl (C=O) groups excluding carboxylic acids is 4. The molecule has 0 bridgehead atoms. The molecule has 0 aliphatic heterocycles. The van der Waals surface area contributed by atoms with Crippen molar-refractivity contribution in [1.29, 1.82) is 0 Å². The van der Waals surface area contributed by atoms with Gasteiger partial charge < -0.3 is 18.9 Å². The van der Waals surface area contributed by atoms with Gasteiger partial charge in [0.05, 0.1) is 43.3 Å². The number of rotatable bonds is 16. The van der Waals surface area contributed by atoms with Crippen LogP contribution in [0, 0.1) is 10.8 Å². The molecule has 0 aliphatic rings. The maximum atomic E-state index is 13.2. The summed E-state index contributed by atoms with van der Waals surface area (Å²) in [7, 11) is 0. The fourth-order valence-corrected chi connectivity index (χ4v) is 5.95. The van der Waals surface area contributed by atoms with Gasteiger partial charge in [-0.2, -0.15) is 0 Å². The number of hydrogen-bond acceptors (Lipinski definition) is 8. The molecule has 2 aromatic rings. The van der Waals surface area contributed by atoms with Gasteiger partial charge in [-0.3, -0.25) is 0 Å². The molecule has 0 radical (unpaired) electrons. The molecular formula is C34H40Cl6O8. The summed E-state index contributed by atoms with van der Waals surface area (Å²) in [5.74, 6) is -6.46. The topological polar surface area (TPSA) is 105 Å². The summed E-state index contributed by atoms with van der Waals surface area (Å²) in [6.07, 6.45) is 7.57. The average molecular weight is 789 g/mol. The maximum absolute atomic E-state index is 13.2. The molecule has 8 nitrogen and oxygen atoms in total. The van der Waals surface area contributed by atoms with E-state index >= 15 is 0 Å². The van der Waals surface area contributed by atoms with Gasteiger partial charge >= 0.3 is 23.9 Å². The highest BCUT2D eigenvalue weighted by molar-refractivity contribution is 6.47. The number of hydrogen-bond donors (Lipinski definition) is 0. The number of benzene rings is 2. The molecule has 14 heteroatoms. The van der Waals surface area contributed by atoms with Crippen LogP contribution in [-0.4, -0.2) is 37.1 Å². The molecule has 0 fully saturated rings. The Balaban J connectivity index is 2.33. The van der Waals surface area contributed by atoms with E-state index in [9.17, 15) is 19.2 Å². The fraction of sp³-hybridized carbons (Fsp3) is 0.529. The second kappa shape index (κ2) is 18.9. The van der Waals surface area contributed by atoms with Gasteiger partial charge in [0.1, 0.15) is 11.1 Å². The van der Waals surface area contributed by atoms with Crippen molar-refractivity contribution in [2.24, 2.45) is 10.8 Å². The lowest BCUT2D eigenvalue weighted by atomic mass is 9.88. The molecule has 0 saturated carbocycles. The van der Waals surface area contributed by atoms with E-state index in [1.54, 1.807) is 0 Å². The van der Waals surface area contributed by atoms with Crippen LogP contribution < -0.4 is 9.47 Å². The third-order valence-electron chi connectivity index (χ3n) is 7.32. The average Bonchev–Trinajstić information content (AvgIpc) is 3.00. The van der Waals surface area contributed by atoms with Crippen LogP contribution in [0.3, 0.4) is 0 Å². The van der Waals surface area contributed by atoms with E-state index in [4.69, 9.17) is 88.6 Å². The molecule has 2 rings (SSSR count). The number of carbonyl (C=O) groups is 4. The molecule has 48 heavy (non-hydrogen) atoms. The molecule has 0 N–H and O–H groups in total. The minimum absolute atomic E-state index is 0.00998. The first-order valence-electron chi connectivity index (χ1n) is 15.5. The molecule has 0 saturated heterocycles. The van der Waals surface area contributed by atoms with E-state index in [0.29, 0.717) is 0 Å². The summed E-state index contributed by atoms with van der Waals surface area (Å²) < 4.78 is 21.4. The summed E-state index contributed by atoms with van der Waals surface area (Å²) >= 11 is 37.5. The van der Waals surface area contributed by atoms with Crippen molar-refractivity contribution in [3.8, 4) is 11.5 Å². The Bertz CT molecular complexity index is 1390. The molecule has 0 amide bonds. The Morgan fingerprint density at radius 2 is 0.896 bits per heavy atom. The van der Waals surface area contributed by atoms with Crippen molar-refractivity contribution >= 4 is 93.5 Å². The van der Waals surface area contributed by atoms with E-state index in [0.717, 1.165) is 63.5 Å². The van der Waals surface area contributed by atoms with Crippen LogP contribution in [-0.2, 0) is 19.1 Å². The highest BCUT2D eigenvalue weighted by Crippen LogP contribution is 2.42. The Morgan fingerprint density at radius 1 is 0.562 bits per heavy atom. The van der Waals surface area contributed by atoms with Gasteiger partial charge in [-0.05, 0) is 35.8 Å². The summed E-state index contributed by atoms with van der Waals surface area (Å²) in [6, 6.07) is 2.25. The van der Waals surface area contributed by atoms with Gasteiger partial charge in [0.25, 0.3) is 0 Å². The van der Waals surface area contributed by atoms with Crippen LogP contribution in [0.15, 0.2) is 12.1 Å². The molecule has 0 spiro atoms. The second-order valence-corrected chi connectivity index (χ2v) is 15.3. The van der Waals surface area contributed by atoms with Crippen LogP contribution in [0.4, 0.5) is 0 Å².